The molecule has 1 N–H and O–H groups in total. The van der Waals surface area contributed by atoms with Crippen molar-refractivity contribution >= 4 is 10.1 Å². The largest absolute Gasteiger partial charge is 0.326 e. The van der Waals surface area contributed by atoms with Gasteiger partial charge in [-0.05, 0) is 57.6 Å². The zero-order valence-electron chi connectivity index (χ0n) is 29.5. The molecular formula is C38H74NO3S+. The van der Waals surface area contributed by atoms with Gasteiger partial charge in [0.1, 0.15) is 0 Å². The van der Waals surface area contributed by atoms with Gasteiger partial charge in [-0.1, -0.05) is 154 Å². The Morgan fingerprint density at radius 3 is 1.00 bits per heavy atom. The molecule has 0 fully saturated rings. The average molecular weight is 625 g/mol. The fraction of sp³-hybridized carbons (Fsp3) is 0.842. The molecule has 1 aromatic carbocycles. The number of quaternary nitrogens is 1. The second-order valence-corrected chi connectivity index (χ2v) is 14.9. The molecule has 4 nitrogen and oxygen atoms in total. The lowest BCUT2D eigenvalue weighted by molar-refractivity contribution is -0.910. The van der Waals surface area contributed by atoms with Crippen molar-refractivity contribution in [2.75, 3.05) is 26.7 Å². The fourth-order valence-electron chi connectivity index (χ4n) is 5.93. The summed E-state index contributed by atoms with van der Waals surface area (Å²) in [5.41, 5.74) is 0.956. The van der Waals surface area contributed by atoms with E-state index >= 15 is 0 Å². The summed E-state index contributed by atoms with van der Waals surface area (Å²) in [5.74, 6) is 0. The van der Waals surface area contributed by atoms with E-state index in [0.29, 0.717) is 0 Å². The van der Waals surface area contributed by atoms with Crippen LogP contribution in [0.4, 0.5) is 0 Å². The number of nitrogens with zero attached hydrogens (tertiary/aromatic N) is 1. The molecule has 1 aromatic rings. The minimum absolute atomic E-state index is 0.0666. The van der Waals surface area contributed by atoms with Gasteiger partial charge in [0.15, 0.2) is 0 Å². The van der Waals surface area contributed by atoms with Crippen LogP contribution in [0.5, 0.6) is 0 Å². The highest BCUT2D eigenvalue weighted by molar-refractivity contribution is 7.85. The lowest BCUT2D eigenvalue weighted by Crippen LogP contribution is -2.46. The van der Waals surface area contributed by atoms with E-state index in [0.717, 1.165) is 5.56 Å². The van der Waals surface area contributed by atoms with Gasteiger partial charge in [-0.25, -0.2) is 0 Å². The van der Waals surface area contributed by atoms with E-state index in [1.165, 1.54) is 190 Å². The Labute approximate surface area is 270 Å². The van der Waals surface area contributed by atoms with E-state index in [9.17, 15) is 8.42 Å². The molecule has 0 bridgehead atoms. The van der Waals surface area contributed by atoms with Crippen molar-refractivity contribution in [3.05, 3.63) is 29.8 Å². The molecule has 0 aliphatic rings. The van der Waals surface area contributed by atoms with Crippen LogP contribution in [0.1, 0.15) is 180 Å². The first kappa shape index (κ1) is 42.1. The van der Waals surface area contributed by atoms with E-state index in [-0.39, 0.29) is 4.90 Å². The van der Waals surface area contributed by atoms with Crippen molar-refractivity contribution in [2.24, 2.45) is 0 Å². The van der Waals surface area contributed by atoms with Crippen LogP contribution in [0.2, 0.25) is 0 Å². The summed E-state index contributed by atoms with van der Waals surface area (Å²) in [5, 5.41) is 0. The summed E-state index contributed by atoms with van der Waals surface area (Å²) < 4.78 is 30.9. The van der Waals surface area contributed by atoms with Crippen molar-refractivity contribution in [1.29, 1.82) is 0 Å². The molecule has 43 heavy (non-hydrogen) atoms. The SMILES string of the molecule is CCCCCCCCCC[N+](C)(CCCCCCCCCC)CCCCCCCCCC.Cc1ccc(S(=O)(=O)O)cc1. The van der Waals surface area contributed by atoms with Crippen LogP contribution in [0.25, 0.3) is 0 Å². The van der Waals surface area contributed by atoms with Crippen molar-refractivity contribution in [2.45, 2.75) is 187 Å². The quantitative estimate of drug-likeness (QED) is 0.0573. The van der Waals surface area contributed by atoms with E-state index in [2.05, 4.69) is 27.8 Å². The summed E-state index contributed by atoms with van der Waals surface area (Å²) in [6.07, 6.45) is 34.8. The third kappa shape index (κ3) is 27.1. The lowest BCUT2D eigenvalue weighted by atomic mass is 10.1. The van der Waals surface area contributed by atoms with Crippen LogP contribution in [0.15, 0.2) is 29.2 Å². The van der Waals surface area contributed by atoms with Gasteiger partial charge in [0.05, 0.1) is 31.6 Å². The van der Waals surface area contributed by atoms with Gasteiger partial charge in [0.25, 0.3) is 10.1 Å². The van der Waals surface area contributed by atoms with Gasteiger partial charge in [-0.15, -0.1) is 0 Å². The third-order valence-corrected chi connectivity index (χ3v) is 9.84. The van der Waals surface area contributed by atoms with E-state index in [4.69, 9.17) is 4.55 Å². The predicted octanol–water partition coefficient (Wildman–Crippen LogP) is 12.1. The molecule has 0 radical (unpaired) electrons. The summed E-state index contributed by atoms with van der Waals surface area (Å²) in [4.78, 5) is -0.0666. The van der Waals surface area contributed by atoms with Gasteiger partial charge in [0, 0.05) is 0 Å². The predicted molar refractivity (Wildman–Crippen MR) is 190 cm³/mol. The fourth-order valence-corrected chi connectivity index (χ4v) is 6.41. The van der Waals surface area contributed by atoms with Gasteiger partial charge in [0.2, 0.25) is 0 Å². The molecule has 0 unspecified atom stereocenters. The smallest absolute Gasteiger partial charge is 0.294 e. The number of aryl methyl sites for hydroxylation is 1. The zero-order valence-corrected chi connectivity index (χ0v) is 30.3. The van der Waals surface area contributed by atoms with E-state index in [1.807, 2.05) is 6.92 Å². The molecule has 0 saturated heterocycles. The molecule has 0 heterocycles. The maximum atomic E-state index is 10.5. The Kier molecular flexibility index (Phi) is 28.0. The summed E-state index contributed by atoms with van der Waals surface area (Å²) in [6, 6.07) is 5.99. The van der Waals surface area contributed by atoms with Crippen LogP contribution < -0.4 is 0 Å². The first-order chi connectivity index (χ1) is 20.7. The highest BCUT2D eigenvalue weighted by atomic mass is 32.2. The number of benzene rings is 1. The number of hydrogen-bond acceptors (Lipinski definition) is 2. The van der Waals surface area contributed by atoms with Crippen molar-refractivity contribution in [3.8, 4) is 0 Å². The molecule has 0 spiro atoms. The maximum absolute atomic E-state index is 10.5. The minimum atomic E-state index is -4.02. The molecule has 1 rings (SSSR count). The topological polar surface area (TPSA) is 54.4 Å². The molecule has 0 aliphatic heterocycles. The molecule has 0 aliphatic carbocycles. The summed E-state index contributed by atoms with van der Waals surface area (Å²) in [6.45, 7) is 13.1. The van der Waals surface area contributed by atoms with Gasteiger partial charge >= 0.3 is 0 Å². The number of rotatable bonds is 28. The first-order valence-corrected chi connectivity index (χ1v) is 20.0. The molecule has 254 valence electrons. The molecule has 0 atom stereocenters. The zero-order chi connectivity index (χ0) is 32.1. The van der Waals surface area contributed by atoms with Crippen LogP contribution in [-0.2, 0) is 10.1 Å². The van der Waals surface area contributed by atoms with Crippen LogP contribution in [0, 0.1) is 6.92 Å². The van der Waals surface area contributed by atoms with Crippen molar-refractivity contribution in [3.63, 3.8) is 0 Å². The maximum Gasteiger partial charge on any atom is 0.294 e. The van der Waals surface area contributed by atoms with Crippen molar-refractivity contribution < 1.29 is 17.5 Å². The molecule has 0 amide bonds. The van der Waals surface area contributed by atoms with Gasteiger partial charge in [-0.3, -0.25) is 4.55 Å². The monoisotopic (exact) mass is 625 g/mol. The standard InChI is InChI=1S/C31H66N.C7H8O3S/c1-5-8-11-14-17-20-23-26-29-32(4,30-27-24-21-18-15-12-9-6-2)31-28-25-22-19-16-13-10-7-3;1-6-2-4-7(5-3-6)11(8,9)10/h5-31H2,1-4H3;2-5H,1H3,(H,8,9,10)/q+1;. The highest BCUT2D eigenvalue weighted by Crippen LogP contribution is 2.17. The Morgan fingerprint density at radius 1 is 0.488 bits per heavy atom. The summed E-state index contributed by atoms with van der Waals surface area (Å²) in [7, 11) is -1.43. The number of unbranched alkanes of at least 4 members (excludes halogenated alkanes) is 21. The molecule has 0 saturated carbocycles. The van der Waals surface area contributed by atoms with Crippen molar-refractivity contribution in [1.82, 2.24) is 0 Å². The second-order valence-electron chi connectivity index (χ2n) is 13.5. The third-order valence-electron chi connectivity index (χ3n) is 8.97. The van der Waals surface area contributed by atoms with E-state index < -0.39 is 10.1 Å². The second kappa shape index (κ2) is 28.6. The highest BCUT2D eigenvalue weighted by Gasteiger charge is 2.20. The van der Waals surface area contributed by atoms with Gasteiger partial charge < -0.3 is 4.48 Å². The Bertz CT molecular complexity index is 772. The van der Waals surface area contributed by atoms with Crippen LogP contribution >= 0.6 is 0 Å². The Balaban J connectivity index is 0.00000133. The molecule has 5 heteroatoms. The Hall–Kier alpha value is -0.910. The molecular weight excluding hydrogens is 550 g/mol. The average Bonchev–Trinajstić information content (AvgIpc) is 2.97. The minimum Gasteiger partial charge on any atom is -0.326 e. The van der Waals surface area contributed by atoms with Crippen LogP contribution in [-0.4, -0.2) is 44.1 Å². The summed E-state index contributed by atoms with van der Waals surface area (Å²) >= 11 is 0. The van der Waals surface area contributed by atoms with Crippen LogP contribution in [0.3, 0.4) is 0 Å². The number of hydrogen-bond donors (Lipinski definition) is 1. The Morgan fingerprint density at radius 2 is 0.744 bits per heavy atom. The first-order valence-electron chi connectivity index (χ1n) is 18.6. The van der Waals surface area contributed by atoms with E-state index in [1.54, 1.807) is 12.1 Å². The lowest BCUT2D eigenvalue weighted by Gasteiger charge is -2.35. The molecule has 0 aromatic heterocycles. The normalized spacial score (nSPS) is 11.9. The van der Waals surface area contributed by atoms with Gasteiger partial charge in [-0.2, -0.15) is 8.42 Å².